The SMILES string of the molecule is COCC1CC(=O)NC2CC(NC(=O)c3cc(=O)c4ccccc4o3)CCC12. The van der Waals surface area contributed by atoms with E-state index in [0.717, 1.165) is 12.8 Å². The summed E-state index contributed by atoms with van der Waals surface area (Å²) in [6.45, 7) is 0.577. The van der Waals surface area contributed by atoms with Gasteiger partial charge in [0.2, 0.25) is 5.91 Å². The minimum Gasteiger partial charge on any atom is -0.451 e. The molecule has 7 nitrogen and oxygen atoms in total. The second-order valence-electron chi connectivity index (χ2n) is 7.71. The van der Waals surface area contributed by atoms with Crippen LogP contribution in [0.3, 0.4) is 0 Å². The summed E-state index contributed by atoms with van der Waals surface area (Å²) in [5.41, 5.74) is 0.156. The van der Waals surface area contributed by atoms with Crippen molar-refractivity contribution in [1.29, 1.82) is 0 Å². The number of benzene rings is 1. The smallest absolute Gasteiger partial charge is 0.287 e. The van der Waals surface area contributed by atoms with Crippen molar-refractivity contribution in [2.24, 2.45) is 11.8 Å². The summed E-state index contributed by atoms with van der Waals surface area (Å²) in [6.07, 6.45) is 2.89. The van der Waals surface area contributed by atoms with E-state index in [1.807, 2.05) is 0 Å². The first-order valence-corrected chi connectivity index (χ1v) is 9.67. The van der Waals surface area contributed by atoms with Gasteiger partial charge < -0.3 is 19.8 Å². The van der Waals surface area contributed by atoms with Gasteiger partial charge in [-0.2, -0.15) is 0 Å². The second kappa shape index (κ2) is 7.75. The summed E-state index contributed by atoms with van der Waals surface area (Å²) in [6, 6.07) is 8.05. The van der Waals surface area contributed by atoms with Gasteiger partial charge >= 0.3 is 0 Å². The Balaban J connectivity index is 1.46. The largest absolute Gasteiger partial charge is 0.451 e. The zero-order valence-corrected chi connectivity index (χ0v) is 15.8. The van der Waals surface area contributed by atoms with E-state index in [1.54, 1.807) is 31.4 Å². The Bertz CT molecular complexity index is 953. The predicted octanol–water partition coefficient (Wildman–Crippen LogP) is 1.84. The average Bonchev–Trinajstić information content (AvgIpc) is 2.68. The molecule has 1 aliphatic heterocycles. The lowest BCUT2D eigenvalue weighted by atomic mass is 9.71. The van der Waals surface area contributed by atoms with Crippen molar-refractivity contribution in [3.05, 3.63) is 46.3 Å². The normalized spacial score (nSPS) is 27.1. The molecule has 0 bridgehead atoms. The minimum absolute atomic E-state index is 0.00997. The molecule has 148 valence electrons. The molecule has 4 rings (SSSR count). The molecular formula is C21H24N2O5. The Morgan fingerprint density at radius 2 is 2.11 bits per heavy atom. The quantitative estimate of drug-likeness (QED) is 0.838. The fourth-order valence-electron chi connectivity index (χ4n) is 4.58. The molecule has 0 spiro atoms. The Morgan fingerprint density at radius 1 is 1.29 bits per heavy atom. The predicted molar refractivity (Wildman–Crippen MR) is 103 cm³/mol. The van der Waals surface area contributed by atoms with E-state index in [0.29, 0.717) is 36.3 Å². The molecule has 1 saturated heterocycles. The lowest BCUT2D eigenvalue weighted by Crippen LogP contribution is -2.56. The third-order valence-electron chi connectivity index (χ3n) is 5.88. The van der Waals surface area contributed by atoms with Gasteiger partial charge in [0.1, 0.15) is 5.58 Å². The van der Waals surface area contributed by atoms with Crippen LogP contribution in [0.1, 0.15) is 36.2 Å². The van der Waals surface area contributed by atoms with Gasteiger partial charge in [0.05, 0.1) is 5.39 Å². The fraction of sp³-hybridized carbons (Fsp3) is 0.476. The molecule has 2 aromatic rings. The Labute approximate surface area is 162 Å². The van der Waals surface area contributed by atoms with E-state index in [1.165, 1.54) is 6.07 Å². The van der Waals surface area contributed by atoms with Crippen LogP contribution in [0.4, 0.5) is 0 Å². The Kier molecular flexibility index (Phi) is 5.17. The fourth-order valence-corrected chi connectivity index (χ4v) is 4.58. The molecule has 2 amide bonds. The second-order valence-corrected chi connectivity index (χ2v) is 7.71. The van der Waals surface area contributed by atoms with Gasteiger partial charge in [0, 0.05) is 38.3 Å². The summed E-state index contributed by atoms with van der Waals surface area (Å²) < 4.78 is 10.9. The number of hydrogen-bond donors (Lipinski definition) is 2. The number of carbonyl (C=O) groups excluding carboxylic acids is 2. The van der Waals surface area contributed by atoms with Gasteiger partial charge in [-0.05, 0) is 43.2 Å². The summed E-state index contributed by atoms with van der Waals surface area (Å²) in [4.78, 5) is 36.9. The number of hydrogen-bond acceptors (Lipinski definition) is 5. The van der Waals surface area contributed by atoms with Crippen LogP contribution in [0.15, 0.2) is 39.5 Å². The number of amides is 2. The highest BCUT2D eigenvalue weighted by molar-refractivity contribution is 5.93. The maximum absolute atomic E-state index is 12.6. The first-order chi connectivity index (χ1) is 13.5. The third kappa shape index (κ3) is 3.67. The van der Waals surface area contributed by atoms with Crippen LogP contribution in [0.5, 0.6) is 0 Å². The molecule has 1 aromatic carbocycles. The van der Waals surface area contributed by atoms with Gasteiger partial charge in [0.15, 0.2) is 11.2 Å². The molecule has 4 atom stereocenters. The highest BCUT2D eigenvalue weighted by atomic mass is 16.5. The summed E-state index contributed by atoms with van der Waals surface area (Å²) >= 11 is 0. The summed E-state index contributed by atoms with van der Waals surface area (Å²) in [5, 5.41) is 6.48. The summed E-state index contributed by atoms with van der Waals surface area (Å²) in [5.74, 6) is 0.233. The molecule has 2 aliphatic rings. The molecule has 4 unspecified atom stereocenters. The molecule has 1 aromatic heterocycles. The molecular weight excluding hydrogens is 360 g/mol. The first kappa shape index (κ1) is 18.7. The van der Waals surface area contributed by atoms with E-state index < -0.39 is 5.91 Å². The van der Waals surface area contributed by atoms with Gasteiger partial charge in [-0.25, -0.2) is 0 Å². The number of rotatable bonds is 4. The van der Waals surface area contributed by atoms with Gasteiger partial charge in [0.25, 0.3) is 5.91 Å². The molecule has 1 saturated carbocycles. The number of methoxy groups -OCH3 is 1. The monoisotopic (exact) mass is 384 g/mol. The van der Waals surface area contributed by atoms with E-state index >= 15 is 0 Å². The van der Waals surface area contributed by atoms with Gasteiger partial charge in [-0.15, -0.1) is 0 Å². The van der Waals surface area contributed by atoms with Crippen LogP contribution in [-0.2, 0) is 9.53 Å². The van der Waals surface area contributed by atoms with Crippen molar-refractivity contribution in [2.75, 3.05) is 13.7 Å². The van der Waals surface area contributed by atoms with Crippen LogP contribution < -0.4 is 16.1 Å². The molecule has 1 aliphatic carbocycles. The van der Waals surface area contributed by atoms with E-state index in [4.69, 9.17) is 9.15 Å². The van der Waals surface area contributed by atoms with E-state index in [-0.39, 0.29) is 35.1 Å². The van der Waals surface area contributed by atoms with Crippen molar-refractivity contribution in [1.82, 2.24) is 10.6 Å². The lowest BCUT2D eigenvalue weighted by molar-refractivity contribution is -0.128. The lowest BCUT2D eigenvalue weighted by Gasteiger charge is -2.43. The number of carbonyl (C=O) groups is 2. The van der Waals surface area contributed by atoms with Crippen LogP contribution in [0.2, 0.25) is 0 Å². The number of nitrogens with one attached hydrogen (secondary N) is 2. The maximum atomic E-state index is 12.6. The highest BCUT2D eigenvalue weighted by Gasteiger charge is 2.41. The average molecular weight is 384 g/mol. The standard InChI is InChI=1S/C21H24N2O5/c1-27-11-12-8-20(25)23-16-9-13(6-7-14(12)16)22-21(26)19-10-17(24)15-4-2-3-5-18(15)28-19/h2-5,10,12-14,16H,6-9,11H2,1H3,(H,22,26)(H,23,25). The zero-order chi connectivity index (χ0) is 19.7. The summed E-state index contributed by atoms with van der Waals surface area (Å²) in [7, 11) is 1.66. The van der Waals surface area contributed by atoms with Crippen LogP contribution in [0, 0.1) is 11.8 Å². The molecule has 7 heteroatoms. The van der Waals surface area contributed by atoms with Crippen molar-refractivity contribution in [3.8, 4) is 0 Å². The zero-order valence-electron chi connectivity index (χ0n) is 15.8. The minimum atomic E-state index is -0.401. The number of piperidine rings is 1. The molecule has 2 N–H and O–H groups in total. The maximum Gasteiger partial charge on any atom is 0.287 e. The number of fused-ring (bicyclic) bond motifs is 2. The molecule has 0 radical (unpaired) electrons. The topological polar surface area (TPSA) is 97.6 Å². The third-order valence-corrected chi connectivity index (χ3v) is 5.88. The Hall–Kier alpha value is -2.67. The first-order valence-electron chi connectivity index (χ1n) is 9.67. The molecule has 28 heavy (non-hydrogen) atoms. The van der Waals surface area contributed by atoms with E-state index in [9.17, 15) is 14.4 Å². The van der Waals surface area contributed by atoms with Gasteiger partial charge in [-0.3, -0.25) is 14.4 Å². The number of para-hydroxylation sites is 1. The van der Waals surface area contributed by atoms with Crippen molar-refractivity contribution in [2.45, 2.75) is 37.8 Å². The van der Waals surface area contributed by atoms with Gasteiger partial charge in [-0.1, -0.05) is 12.1 Å². The van der Waals surface area contributed by atoms with Crippen LogP contribution in [0.25, 0.3) is 11.0 Å². The van der Waals surface area contributed by atoms with Crippen molar-refractivity contribution in [3.63, 3.8) is 0 Å². The van der Waals surface area contributed by atoms with Crippen LogP contribution in [-0.4, -0.2) is 37.6 Å². The van der Waals surface area contributed by atoms with Crippen LogP contribution >= 0.6 is 0 Å². The highest BCUT2D eigenvalue weighted by Crippen LogP contribution is 2.35. The van der Waals surface area contributed by atoms with E-state index in [2.05, 4.69) is 10.6 Å². The van der Waals surface area contributed by atoms with Crippen molar-refractivity contribution < 1.29 is 18.7 Å². The number of ether oxygens (including phenoxy) is 1. The molecule has 2 fully saturated rings. The Morgan fingerprint density at radius 3 is 2.93 bits per heavy atom. The van der Waals surface area contributed by atoms with Crippen molar-refractivity contribution >= 4 is 22.8 Å². The molecule has 2 heterocycles.